The van der Waals surface area contributed by atoms with E-state index < -0.39 is 23.2 Å². The van der Waals surface area contributed by atoms with E-state index in [9.17, 15) is 0 Å². The van der Waals surface area contributed by atoms with Crippen LogP contribution in [-0.4, -0.2) is 30.0 Å². The predicted molar refractivity (Wildman–Crippen MR) is 142 cm³/mol. The molecule has 2 aromatic heterocycles. The summed E-state index contributed by atoms with van der Waals surface area (Å²) in [4.78, 5) is 3.75. The van der Waals surface area contributed by atoms with Gasteiger partial charge in [-0.3, -0.25) is 0 Å². The zero-order valence-corrected chi connectivity index (χ0v) is 24.5. The molecule has 2 aliphatic carbocycles. The van der Waals surface area contributed by atoms with Crippen LogP contribution in [0.4, 0.5) is 0 Å². The van der Waals surface area contributed by atoms with Gasteiger partial charge in [-0.05, 0) is 0 Å². The molecule has 0 fully saturated rings. The van der Waals surface area contributed by atoms with Crippen molar-refractivity contribution in [1.82, 2.24) is 30.0 Å². The fourth-order valence-electron chi connectivity index (χ4n) is 5.43. The largest absolute Gasteiger partial charge is 1.00 e. The second-order valence-electron chi connectivity index (χ2n) is 9.39. The van der Waals surface area contributed by atoms with Crippen molar-refractivity contribution in [2.24, 2.45) is 0 Å². The number of fused-ring (bicyclic) bond motifs is 4. The summed E-state index contributed by atoms with van der Waals surface area (Å²) in [6.45, 7) is 0. The van der Waals surface area contributed by atoms with Crippen LogP contribution in [0.25, 0.3) is 45.6 Å². The van der Waals surface area contributed by atoms with Gasteiger partial charge in [0.25, 0.3) is 0 Å². The molecule has 8 rings (SSSR count). The third-order valence-electron chi connectivity index (χ3n) is 7.18. The van der Waals surface area contributed by atoms with Crippen molar-refractivity contribution in [3.63, 3.8) is 0 Å². The van der Waals surface area contributed by atoms with Crippen molar-refractivity contribution in [2.45, 2.75) is 7.25 Å². The number of aromatic nitrogens is 6. The molecule has 9 heteroatoms. The van der Waals surface area contributed by atoms with Gasteiger partial charge < -0.3 is 24.8 Å². The van der Waals surface area contributed by atoms with E-state index in [4.69, 9.17) is 20.4 Å². The molecule has 0 spiro atoms. The maximum absolute atomic E-state index is 4.87. The Morgan fingerprint density at radius 1 is 0.462 bits per heavy atom. The zero-order chi connectivity index (χ0) is 24.3. The summed E-state index contributed by atoms with van der Waals surface area (Å²) in [6, 6.07) is 33.7. The van der Waals surface area contributed by atoms with E-state index in [1.807, 2.05) is 58.1 Å². The summed E-state index contributed by atoms with van der Waals surface area (Å²) in [7, 11) is 0. The Morgan fingerprint density at radius 2 is 0.795 bits per heavy atom. The van der Waals surface area contributed by atoms with Gasteiger partial charge in [-0.15, -0.1) is 0 Å². The van der Waals surface area contributed by atoms with E-state index in [0.29, 0.717) is 7.25 Å². The topological polar surface area (TPSA) is 61.4 Å². The molecule has 0 aliphatic heterocycles. The average molecular weight is 627 g/mol. The van der Waals surface area contributed by atoms with Gasteiger partial charge in [0, 0.05) is 0 Å². The van der Waals surface area contributed by atoms with Gasteiger partial charge in [0.05, 0.1) is 0 Å². The molecule has 39 heavy (non-hydrogen) atoms. The first-order chi connectivity index (χ1) is 18.3. The van der Waals surface area contributed by atoms with Crippen molar-refractivity contribution in [2.75, 3.05) is 0 Å². The van der Waals surface area contributed by atoms with E-state index in [1.165, 1.54) is 33.6 Å². The van der Waals surface area contributed by atoms with E-state index in [1.54, 1.807) is 0 Å². The van der Waals surface area contributed by atoms with E-state index in [2.05, 4.69) is 60.7 Å². The molecule has 0 saturated heterocycles. The second kappa shape index (κ2) is 10.3. The number of hydrogen-bond acceptors (Lipinski definition) is 4. The molecule has 2 atom stereocenters. The molecular formula is C30H20Cl2N6Zr. The third kappa shape index (κ3) is 4.30. The molecule has 0 radical (unpaired) electrons. The maximum atomic E-state index is 4.87. The molecule has 6 aromatic rings. The van der Waals surface area contributed by atoms with E-state index in [0.717, 1.165) is 22.1 Å². The quantitative estimate of drug-likeness (QED) is 0.278. The van der Waals surface area contributed by atoms with Crippen LogP contribution in [0.15, 0.2) is 97.1 Å². The number of rotatable bonds is 4. The van der Waals surface area contributed by atoms with E-state index >= 15 is 0 Å². The monoisotopic (exact) mass is 624 g/mol. The molecule has 2 unspecified atom stereocenters. The summed E-state index contributed by atoms with van der Waals surface area (Å²) >= 11 is -1.23. The Bertz CT molecular complexity index is 1700. The standard InChI is InChI=1S/2C15H10N3.2ClH.Zr/c2*1-2-6-12-10-13(9-11(12)5-1)18-16-14-7-3-4-8-15(14)17-18;;;/h2*1-10H;2*1H;/q;;;;+2/p-2. The molecule has 6 nitrogen and oxygen atoms in total. The van der Waals surface area contributed by atoms with Crippen LogP contribution in [0, 0.1) is 0 Å². The third-order valence-corrected chi connectivity index (χ3v) is 11.8. The molecule has 2 heterocycles. The Labute approximate surface area is 248 Å². The number of hydrogen-bond donors (Lipinski definition) is 0. The van der Waals surface area contributed by atoms with Crippen molar-refractivity contribution in [3.8, 4) is 0 Å². The first kappa shape index (κ1) is 25.9. The molecule has 4 aromatic carbocycles. The van der Waals surface area contributed by atoms with Crippen LogP contribution in [0.2, 0.25) is 0 Å². The smallest absolute Gasteiger partial charge is 1.00 e. The van der Waals surface area contributed by atoms with Crippen molar-refractivity contribution >= 4 is 45.6 Å². The maximum Gasteiger partial charge on any atom is -1.00 e. The first-order valence-corrected chi connectivity index (χ1v) is 15.2. The van der Waals surface area contributed by atoms with Crippen LogP contribution in [-0.2, 0) is 23.2 Å². The minimum Gasteiger partial charge on any atom is -1.00 e. The fraction of sp³-hybridized carbons (Fsp3) is 0.0667. The number of halogens is 2. The van der Waals surface area contributed by atoms with Gasteiger partial charge in [-0.1, -0.05) is 0 Å². The molecule has 2 aliphatic rings. The van der Waals surface area contributed by atoms with E-state index in [-0.39, 0.29) is 24.8 Å². The van der Waals surface area contributed by atoms with Gasteiger partial charge in [-0.2, -0.15) is 0 Å². The summed E-state index contributed by atoms with van der Waals surface area (Å²) in [6.07, 6.45) is 4.56. The summed E-state index contributed by atoms with van der Waals surface area (Å²) in [5, 5.41) is 19.5. The predicted octanol–water partition coefficient (Wildman–Crippen LogP) is 0.0723. The van der Waals surface area contributed by atoms with Crippen molar-refractivity contribution in [1.29, 1.82) is 0 Å². The van der Waals surface area contributed by atoms with Gasteiger partial charge in [-0.25, -0.2) is 0 Å². The van der Waals surface area contributed by atoms with Gasteiger partial charge >= 0.3 is 225 Å². The minimum atomic E-state index is -1.23. The molecule has 0 bridgehead atoms. The van der Waals surface area contributed by atoms with Crippen LogP contribution in [0.1, 0.15) is 29.5 Å². The fourth-order valence-corrected chi connectivity index (χ4v) is 10.2. The molecular weight excluding hydrogens is 607 g/mol. The van der Waals surface area contributed by atoms with Crippen LogP contribution in [0.5, 0.6) is 0 Å². The zero-order valence-electron chi connectivity index (χ0n) is 20.5. The normalized spacial score (nSPS) is 17.0. The van der Waals surface area contributed by atoms with Crippen LogP contribution >= 0.6 is 0 Å². The average Bonchev–Trinajstić information content (AvgIpc) is 3.71. The van der Waals surface area contributed by atoms with Crippen LogP contribution in [0.3, 0.4) is 0 Å². The molecule has 0 saturated carbocycles. The Morgan fingerprint density at radius 3 is 1.18 bits per heavy atom. The second-order valence-corrected chi connectivity index (χ2v) is 13.0. The van der Waals surface area contributed by atoms with Crippen LogP contribution < -0.4 is 24.8 Å². The summed E-state index contributed by atoms with van der Waals surface area (Å²) in [5.74, 6) is 0. The molecule has 0 amide bonds. The first-order valence-electron chi connectivity index (χ1n) is 12.3. The Kier molecular flexibility index (Phi) is 6.84. The van der Waals surface area contributed by atoms with Crippen molar-refractivity contribution in [3.05, 3.63) is 119 Å². The van der Waals surface area contributed by atoms with Gasteiger partial charge in [0.15, 0.2) is 0 Å². The number of benzene rings is 4. The SMILES string of the molecule is C1=C(n2nc3ccccc3n2)[CH]([Zr+2][CH]2C(n3nc4ccccc4n3)=Cc3ccccc32)c2ccccc21.[Cl-].[Cl-]. The molecule has 188 valence electrons. The Balaban J connectivity index is 0.00000138. The van der Waals surface area contributed by atoms with Gasteiger partial charge in [0.1, 0.15) is 0 Å². The number of allylic oxidation sites excluding steroid dienone is 2. The number of nitrogens with zero attached hydrogens (tertiary/aromatic N) is 6. The molecule has 0 N–H and O–H groups in total. The minimum absolute atomic E-state index is 0. The summed E-state index contributed by atoms with van der Waals surface area (Å²) in [5.41, 5.74) is 11.3. The Hall–Kier alpha value is -3.38. The van der Waals surface area contributed by atoms with Crippen molar-refractivity contribution < 1.29 is 48.0 Å². The summed E-state index contributed by atoms with van der Waals surface area (Å²) < 4.78 is 0.595. The van der Waals surface area contributed by atoms with Gasteiger partial charge in [0.2, 0.25) is 0 Å².